The van der Waals surface area contributed by atoms with Gasteiger partial charge < -0.3 is 9.47 Å². The average Bonchev–Trinajstić information content (AvgIpc) is 3.26. The molecule has 0 spiro atoms. The number of thiophene rings is 1. The summed E-state index contributed by atoms with van der Waals surface area (Å²) in [6.07, 6.45) is 15.1. The molecular weight excluding hydrogens is 616 g/mol. The highest BCUT2D eigenvalue weighted by atomic mass is 79.9. The van der Waals surface area contributed by atoms with Crippen molar-refractivity contribution in [2.24, 2.45) is 11.8 Å². The number of rotatable bonds is 15. The highest BCUT2D eigenvalue weighted by Crippen LogP contribution is 2.34. The van der Waals surface area contributed by atoms with Crippen molar-refractivity contribution in [3.05, 3.63) is 71.5 Å². The average molecular weight is 655 g/mol. The van der Waals surface area contributed by atoms with E-state index in [9.17, 15) is 0 Å². The van der Waals surface area contributed by atoms with E-state index < -0.39 is 0 Å². The summed E-state index contributed by atoms with van der Waals surface area (Å²) >= 11 is 10.4. The Labute approximate surface area is 243 Å². The zero-order valence-corrected chi connectivity index (χ0v) is 26.8. The molecule has 2 aromatic rings. The maximum atomic E-state index is 6.37. The van der Waals surface area contributed by atoms with Crippen LogP contribution in [0, 0.1) is 11.8 Å². The van der Waals surface area contributed by atoms with Crippen LogP contribution in [0.4, 0.5) is 0 Å². The molecule has 1 unspecified atom stereocenters. The number of halogens is 2. The molecule has 0 bridgehead atoms. The lowest BCUT2D eigenvalue weighted by Gasteiger charge is -2.16. The van der Waals surface area contributed by atoms with Gasteiger partial charge >= 0.3 is 0 Å². The lowest BCUT2D eigenvalue weighted by molar-refractivity contribution is 0.275. The molecule has 0 saturated heterocycles. The normalized spacial score (nSPS) is 13.2. The van der Waals surface area contributed by atoms with Crippen molar-refractivity contribution in [3.8, 4) is 11.5 Å². The van der Waals surface area contributed by atoms with Crippen LogP contribution in [0.15, 0.2) is 55.5 Å². The van der Waals surface area contributed by atoms with Gasteiger partial charge in [0.15, 0.2) is 0 Å². The molecule has 0 aliphatic heterocycles. The second-order valence-corrected chi connectivity index (χ2v) is 14.2. The van der Waals surface area contributed by atoms with Gasteiger partial charge in [-0.3, -0.25) is 0 Å². The quantitative estimate of drug-likeness (QED) is 0.178. The van der Waals surface area contributed by atoms with E-state index in [2.05, 4.69) is 95.6 Å². The van der Waals surface area contributed by atoms with E-state index in [4.69, 9.17) is 9.47 Å². The van der Waals surface area contributed by atoms with E-state index in [1.807, 2.05) is 25.2 Å². The van der Waals surface area contributed by atoms with Crippen LogP contribution < -0.4 is 9.47 Å². The molecule has 0 radical (unpaired) electrons. The second kappa shape index (κ2) is 16.6. The summed E-state index contributed by atoms with van der Waals surface area (Å²) in [4.78, 5) is 2.12. The third kappa shape index (κ3) is 11.5. The van der Waals surface area contributed by atoms with E-state index in [0.29, 0.717) is 12.5 Å². The minimum absolute atomic E-state index is 0.647. The third-order valence-electron chi connectivity index (χ3n) is 5.63. The van der Waals surface area contributed by atoms with Gasteiger partial charge in [-0.05, 0) is 99.5 Å². The van der Waals surface area contributed by atoms with Gasteiger partial charge in [0, 0.05) is 20.9 Å². The summed E-state index contributed by atoms with van der Waals surface area (Å²) < 4.78 is 14.3. The number of methoxy groups -OCH3 is 1. The van der Waals surface area contributed by atoms with E-state index in [-0.39, 0.29) is 0 Å². The molecule has 196 valence electrons. The molecule has 2 nitrogen and oxygen atoms in total. The van der Waals surface area contributed by atoms with Crippen LogP contribution >= 0.6 is 55.0 Å². The Kier molecular flexibility index (Phi) is 14.3. The van der Waals surface area contributed by atoms with Crippen molar-refractivity contribution in [2.45, 2.75) is 53.4 Å². The lowest BCUT2D eigenvalue weighted by Crippen LogP contribution is -2.06. The molecule has 2 rings (SSSR count). The van der Waals surface area contributed by atoms with Crippen LogP contribution in [0.1, 0.15) is 69.4 Å². The van der Waals surface area contributed by atoms with Crippen LogP contribution in [-0.4, -0.2) is 13.7 Å². The fourth-order valence-corrected chi connectivity index (χ4v) is 5.99. The molecule has 0 N–H and O–H groups in total. The number of benzene rings is 1. The van der Waals surface area contributed by atoms with Gasteiger partial charge in [-0.1, -0.05) is 70.5 Å². The Morgan fingerprint density at radius 3 is 2.42 bits per heavy atom. The maximum absolute atomic E-state index is 6.37. The van der Waals surface area contributed by atoms with Gasteiger partial charge in [-0.15, -0.1) is 11.3 Å². The Morgan fingerprint density at radius 1 is 1.06 bits per heavy atom. The fraction of sp³-hybridized carbons (Fsp3) is 0.400. The predicted molar refractivity (Wildman–Crippen MR) is 170 cm³/mol. The molecule has 0 amide bonds. The lowest BCUT2D eigenvalue weighted by atomic mass is 9.98. The first-order chi connectivity index (χ1) is 17.2. The summed E-state index contributed by atoms with van der Waals surface area (Å²) in [7, 11) is 1.70. The van der Waals surface area contributed by atoms with Gasteiger partial charge in [-0.2, -0.15) is 0 Å². The Bertz CT molecular complexity index is 1070. The Hall–Kier alpha value is -1.21. The van der Waals surface area contributed by atoms with Gasteiger partial charge in [0.2, 0.25) is 0 Å². The zero-order valence-electron chi connectivity index (χ0n) is 22.0. The van der Waals surface area contributed by atoms with Crippen LogP contribution in [0.2, 0.25) is 0 Å². The minimum atomic E-state index is 0.647. The molecular formula is C30H38Br2O2S2. The molecule has 0 fully saturated rings. The maximum Gasteiger partial charge on any atom is 0.127 e. The van der Waals surface area contributed by atoms with Crippen LogP contribution in [0.5, 0.6) is 11.5 Å². The molecule has 6 heteroatoms. The first-order valence-electron chi connectivity index (χ1n) is 12.4. The molecule has 1 atom stereocenters. The molecule has 0 aliphatic carbocycles. The topological polar surface area (TPSA) is 18.5 Å². The van der Waals surface area contributed by atoms with Gasteiger partial charge in [-0.25, -0.2) is 0 Å². The monoisotopic (exact) mass is 652 g/mol. The van der Waals surface area contributed by atoms with E-state index >= 15 is 0 Å². The van der Waals surface area contributed by atoms with Crippen molar-refractivity contribution in [1.29, 1.82) is 0 Å². The number of allylic oxidation sites excluding steroid dienone is 2. The molecule has 0 saturated carbocycles. The standard InChI is InChI=1S/C30H38Br2O2S2/c1-7-29(31)35-23(5)11-12-24-20-28(34-18-17-22(4)10-8-9-21(2)3)25(19-27(24)33-6)13-14-26-15-16-30(32)36-26/h7,11-16,19-22H,5,8-10,17-18H2,1-4,6H3/b12-11+,14-13+,29-7-. The van der Waals surface area contributed by atoms with E-state index in [1.54, 1.807) is 30.2 Å². The van der Waals surface area contributed by atoms with Crippen molar-refractivity contribution >= 4 is 73.2 Å². The smallest absolute Gasteiger partial charge is 0.127 e. The highest BCUT2D eigenvalue weighted by Gasteiger charge is 2.11. The number of ether oxygens (including phenoxy) is 2. The van der Waals surface area contributed by atoms with Gasteiger partial charge in [0.1, 0.15) is 11.5 Å². The highest BCUT2D eigenvalue weighted by molar-refractivity contribution is 9.14. The van der Waals surface area contributed by atoms with Gasteiger partial charge in [0.25, 0.3) is 0 Å². The van der Waals surface area contributed by atoms with Crippen molar-refractivity contribution < 1.29 is 9.47 Å². The van der Waals surface area contributed by atoms with E-state index in [1.165, 1.54) is 24.1 Å². The van der Waals surface area contributed by atoms with Crippen molar-refractivity contribution in [3.63, 3.8) is 0 Å². The SMILES string of the molecule is C=C(/C=C/c1cc(OCCC(C)CCCC(C)C)c(/C=C/c2ccc(Br)s2)cc1OC)S/C(Br)=C\C. The first kappa shape index (κ1) is 31.0. The van der Waals surface area contributed by atoms with Crippen LogP contribution in [-0.2, 0) is 0 Å². The zero-order chi connectivity index (χ0) is 26.5. The fourth-order valence-electron chi connectivity index (χ4n) is 3.53. The van der Waals surface area contributed by atoms with E-state index in [0.717, 1.165) is 47.5 Å². The number of thioether (sulfide) groups is 1. The summed E-state index contributed by atoms with van der Waals surface area (Å²) in [5, 5.41) is 0. The van der Waals surface area contributed by atoms with Crippen LogP contribution in [0.3, 0.4) is 0 Å². The summed E-state index contributed by atoms with van der Waals surface area (Å²) in [6.45, 7) is 13.7. The third-order valence-corrected chi connectivity index (χ3v) is 9.00. The van der Waals surface area contributed by atoms with Crippen molar-refractivity contribution in [2.75, 3.05) is 13.7 Å². The second-order valence-electron chi connectivity index (χ2n) is 9.17. The summed E-state index contributed by atoms with van der Waals surface area (Å²) in [6, 6.07) is 8.29. The molecule has 0 aliphatic rings. The van der Waals surface area contributed by atoms with Crippen molar-refractivity contribution in [1.82, 2.24) is 0 Å². The molecule has 1 aromatic heterocycles. The number of hydrogen-bond donors (Lipinski definition) is 0. The minimum Gasteiger partial charge on any atom is -0.496 e. The largest absolute Gasteiger partial charge is 0.496 e. The summed E-state index contributed by atoms with van der Waals surface area (Å²) in [5.74, 6) is 3.08. The number of hydrogen-bond acceptors (Lipinski definition) is 4. The molecule has 1 heterocycles. The predicted octanol–water partition coefficient (Wildman–Crippen LogP) is 11.4. The Balaban J connectivity index is 2.23. The summed E-state index contributed by atoms with van der Waals surface area (Å²) in [5.41, 5.74) is 1.97. The van der Waals surface area contributed by atoms with Crippen LogP contribution in [0.25, 0.3) is 18.2 Å². The van der Waals surface area contributed by atoms with Gasteiger partial charge in [0.05, 0.1) is 21.3 Å². The Morgan fingerprint density at radius 2 is 1.78 bits per heavy atom. The molecule has 36 heavy (non-hydrogen) atoms. The molecule has 1 aromatic carbocycles. The first-order valence-corrected chi connectivity index (χ1v) is 15.6.